The molecule has 2 aliphatic heterocycles. The van der Waals surface area contributed by atoms with Crippen LogP contribution in [0.4, 0.5) is 0 Å². The molecule has 0 bridgehead atoms. The quantitative estimate of drug-likeness (QED) is 0.782. The fourth-order valence-corrected chi connectivity index (χ4v) is 3.66. The minimum atomic E-state index is 0.161. The van der Waals surface area contributed by atoms with Crippen LogP contribution in [0.2, 0.25) is 0 Å². The number of nitrogens with one attached hydrogen (secondary N) is 1. The van der Waals surface area contributed by atoms with E-state index in [-0.39, 0.29) is 11.8 Å². The molecule has 1 atom stereocenters. The maximum Gasteiger partial charge on any atom is 0.224 e. The molecule has 0 aromatic carbocycles. The van der Waals surface area contributed by atoms with Crippen molar-refractivity contribution in [3.63, 3.8) is 0 Å². The van der Waals surface area contributed by atoms with Gasteiger partial charge < -0.3 is 16.0 Å². The number of rotatable bonds is 5. The fourth-order valence-electron chi connectivity index (χ4n) is 3.66. The molecule has 1 amide bonds. The molecule has 0 radical (unpaired) electrons. The van der Waals surface area contributed by atoms with E-state index in [0.717, 1.165) is 25.9 Å². The Kier molecular flexibility index (Phi) is 6.45. The van der Waals surface area contributed by atoms with E-state index in [1.165, 1.54) is 25.9 Å². The maximum absolute atomic E-state index is 12.1. The van der Waals surface area contributed by atoms with Gasteiger partial charge in [0.15, 0.2) is 0 Å². The number of hydrogen-bond donors (Lipinski definition) is 2. The van der Waals surface area contributed by atoms with Gasteiger partial charge in [0.1, 0.15) is 0 Å². The van der Waals surface area contributed by atoms with Crippen molar-refractivity contribution in [2.24, 2.45) is 11.7 Å². The van der Waals surface area contributed by atoms with Gasteiger partial charge in [-0.05, 0) is 59.2 Å². The van der Waals surface area contributed by atoms with Crippen molar-refractivity contribution >= 4 is 5.91 Å². The summed E-state index contributed by atoms with van der Waals surface area (Å²) >= 11 is 0. The molecular formula is C16H32N4O. The Morgan fingerprint density at radius 1 is 1.24 bits per heavy atom. The topological polar surface area (TPSA) is 61.6 Å². The maximum atomic E-state index is 12.1. The first-order chi connectivity index (χ1) is 10.1. The number of nitrogens with zero attached hydrogens (tertiary/aromatic N) is 2. The lowest BCUT2D eigenvalue weighted by Crippen LogP contribution is -2.51. The van der Waals surface area contributed by atoms with E-state index in [2.05, 4.69) is 29.0 Å². The van der Waals surface area contributed by atoms with Crippen molar-refractivity contribution < 1.29 is 4.79 Å². The van der Waals surface area contributed by atoms with Crippen LogP contribution in [0.5, 0.6) is 0 Å². The molecule has 2 saturated heterocycles. The van der Waals surface area contributed by atoms with E-state index in [1.807, 2.05) is 0 Å². The summed E-state index contributed by atoms with van der Waals surface area (Å²) < 4.78 is 0. The van der Waals surface area contributed by atoms with E-state index in [4.69, 9.17) is 5.73 Å². The van der Waals surface area contributed by atoms with Crippen LogP contribution in [0.25, 0.3) is 0 Å². The second kappa shape index (κ2) is 8.11. The zero-order chi connectivity index (χ0) is 15.2. The predicted octanol–water partition coefficient (Wildman–Crippen LogP) is 0.646. The van der Waals surface area contributed by atoms with Crippen LogP contribution in [-0.4, -0.2) is 67.1 Å². The summed E-state index contributed by atoms with van der Waals surface area (Å²) in [5.41, 5.74) is 5.46. The molecule has 21 heavy (non-hydrogen) atoms. The number of amides is 1. The zero-order valence-corrected chi connectivity index (χ0v) is 13.7. The van der Waals surface area contributed by atoms with Crippen LogP contribution in [0.3, 0.4) is 0 Å². The van der Waals surface area contributed by atoms with Gasteiger partial charge >= 0.3 is 0 Å². The Bertz CT molecular complexity index is 326. The van der Waals surface area contributed by atoms with Crippen LogP contribution in [0.15, 0.2) is 0 Å². The van der Waals surface area contributed by atoms with Crippen LogP contribution in [0, 0.1) is 5.92 Å². The first-order valence-electron chi connectivity index (χ1n) is 8.57. The molecule has 122 valence electrons. The monoisotopic (exact) mass is 296 g/mol. The van der Waals surface area contributed by atoms with E-state index >= 15 is 0 Å². The Morgan fingerprint density at radius 2 is 1.95 bits per heavy atom. The van der Waals surface area contributed by atoms with Gasteiger partial charge in [-0.25, -0.2) is 0 Å². The fraction of sp³-hybridized carbons (Fsp3) is 0.938. The first kappa shape index (κ1) is 16.7. The van der Waals surface area contributed by atoms with E-state index in [1.54, 1.807) is 0 Å². The third-order valence-electron chi connectivity index (χ3n) is 5.01. The molecule has 2 rings (SSSR count). The summed E-state index contributed by atoms with van der Waals surface area (Å²) in [6, 6.07) is 1.33. The van der Waals surface area contributed by atoms with Crippen LogP contribution in [-0.2, 0) is 4.79 Å². The number of carbonyl (C=O) groups is 1. The van der Waals surface area contributed by atoms with Gasteiger partial charge in [0.2, 0.25) is 5.91 Å². The Labute approximate surface area is 129 Å². The summed E-state index contributed by atoms with van der Waals surface area (Å²) in [7, 11) is 0. The normalized spacial score (nSPS) is 26.2. The molecule has 0 aromatic heterocycles. The number of likely N-dealkylation sites (tertiary alicyclic amines) is 2. The lowest BCUT2D eigenvalue weighted by atomic mass is 9.93. The summed E-state index contributed by atoms with van der Waals surface area (Å²) in [5, 5.41) is 2.95. The Hall–Kier alpha value is -0.650. The summed E-state index contributed by atoms with van der Waals surface area (Å²) in [6.45, 7) is 10.2. The summed E-state index contributed by atoms with van der Waals surface area (Å²) in [5.74, 6) is 0.359. The molecular weight excluding hydrogens is 264 g/mol. The molecule has 0 aliphatic carbocycles. The van der Waals surface area contributed by atoms with Crippen molar-refractivity contribution in [1.29, 1.82) is 0 Å². The van der Waals surface area contributed by atoms with Gasteiger partial charge in [-0.2, -0.15) is 0 Å². The molecule has 5 heteroatoms. The van der Waals surface area contributed by atoms with E-state index in [0.29, 0.717) is 25.2 Å². The molecule has 3 N–H and O–H groups in total. The van der Waals surface area contributed by atoms with Crippen LogP contribution in [0.1, 0.15) is 39.5 Å². The van der Waals surface area contributed by atoms with Crippen molar-refractivity contribution in [3.05, 3.63) is 0 Å². The van der Waals surface area contributed by atoms with Crippen molar-refractivity contribution in [2.45, 2.75) is 51.6 Å². The minimum absolute atomic E-state index is 0.161. The second-order valence-electron chi connectivity index (χ2n) is 6.77. The lowest BCUT2D eigenvalue weighted by Gasteiger charge is -2.43. The Morgan fingerprint density at radius 3 is 2.57 bits per heavy atom. The van der Waals surface area contributed by atoms with Crippen molar-refractivity contribution in [1.82, 2.24) is 15.1 Å². The molecule has 1 unspecified atom stereocenters. The number of nitrogens with two attached hydrogens (primary N) is 1. The van der Waals surface area contributed by atoms with E-state index in [9.17, 15) is 4.79 Å². The highest BCUT2D eigenvalue weighted by molar-refractivity contribution is 5.78. The molecule has 2 heterocycles. The third-order valence-corrected chi connectivity index (χ3v) is 5.01. The smallest absolute Gasteiger partial charge is 0.224 e. The van der Waals surface area contributed by atoms with Crippen LogP contribution < -0.4 is 11.1 Å². The summed E-state index contributed by atoms with van der Waals surface area (Å²) in [6.07, 6.45) is 4.66. The highest BCUT2D eigenvalue weighted by Gasteiger charge is 2.31. The number of piperidine rings is 2. The highest BCUT2D eigenvalue weighted by Crippen LogP contribution is 2.24. The third kappa shape index (κ3) is 4.66. The van der Waals surface area contributed by atoms with Crippen LogP contribution >= 0.6 is 0 Å². The average Bonchev–Trinajstić information content (AvgIpc) is 2.52. The molecule has 2 aliphatic rings. The average molecular weight is 296 g/mol. The second-order valence-corrected chi connectivity index (χ2v) is 6.77. The van der Waals surface area contributed by atoms with E-state index < -0.39 is 0 Å². The predicted molar refractivity (Wildman–Crippen MR) is 86.1 cm³/mol. The minimum Gasteiger partial charge on any atom is -0.355 e. The SMILES string of the molecule is CC(C)N1CCC(N2CCCC(C(=O)NCCN)C2)CC1. The van der Waals surface area contributed by atoms with Gasteiger partial charge in [0.05, 0.1) is 5.92 Å². The van der Waals surface area contributed by atoms with Gasteiger partial charge in [0.25, 0.3) is 0 Å². The molecule has 0 spiro atoms. The highest BCUT2D eigenvalue weighted by atomic mass is 16.1. The Balaban J connectivity index is 1.80. The van der Waals surface area contributed by atoms with Gasteiger partial charge in [-0.15, -0.1) is 0 Å². The molecule has 5 nitrogen and oxygen atoms in total. The van der Waals surface area contributed by atoms with Gasteiger partial charge in [-0.1, -0.05) is 0 Å². The number of carbonyl (C=O) groups excluding carboxylic acids is 1. The zero-order valence-electron chi connectivity index (χ0n) is 13.7. The number of hydrogen-bond acceptors (Lipinski definition) is 4. The first-order valence-corrected chi connectivity index (χ1v) is 8.57. The van der Waals surface area contributed by atoms with Crippen molar-refractivity contribution in [2.75, 3.05) is 39.3 Å². The van der Waals surface area contributed by atoms with Gasteiger partial charge in [-0.3, -0.25) is 9.69 Å². The molecule has 0 saturated carbocycles. The molecule has 0 aromatic rings. The standard InChI is InChI=1S/C16H32N4O/c1-13(2)19-10-5-15(6-11-19)20-9-3-4-14(12-20)16(21)18-8-7-17/h13-15H,3-12,17H2,1-2H3,(H,18,21). The summed E-state index contributed by atoms with van der Waals surface area (Å²) in [4.78, 5) is 17.2. The van der Waals surface area contributed by atoms with Gasteiger partial charge in [0, 0.05) is 31.7 Å². The largest absolute Gasteiger partial charge is 0.355 e. The molecule has 2 fully saturated rings. The van der Waals surface area contributed by atoms with Crippen molar-refractivity contribution in [3.8, 4) is 0 Å². The lowest BCUT2D eigenvalue weighted by molar-refractivity contribution is -0.127.